The van der Waals surface area contributed by atoms with Crippen molar-refractivity contribution < 1.29 is 13.3 Å². The Morgan fingerprint density at radius 2 is 1.09 bits per heavy atom. The summed E-state index contributed by atoms with van der Waals surface area (Å²) in [5.41, 5.74) is 19.6. The van der Waals surface area contributed by atoms with Gasteiger partial charge in [0.25, 0.3) is 0 Å². The maximum Gasteiger partial charge on any atom is 0.227 e. The lowest BCUT2D eigenvalue weighted by molar-refractivity contribution is 0.504. The summed E-state index contributed by atoms with van der Waals surface area (Å²) < 4.78 is 21.1. The zero-order valence-corrected chi connectivity index (χ0v) is 50.0. The van der Waals surface area contributed by atoms with Gasteiger partial charge in [-0.25, -0.2) is 4.98 Å². The third-order valence-corrected chi connectivity index (χ3v) is 18.2. The molecule has 0 saturated carbocycles. The predicted octanol–water partition coefficient (Wildman–Crippen LogP) is 22.6. The van der Waals surface area contributed by atoms with Crippen LogP contribution in [0.1, 0.15) is 117 Å². The summed E-state index contributed by atoms with van der Waals surface area (Å²) in [6.45, 7) is 22.0. The van der Waals surface area contributed by atoms with Gasteiger partial charge in [0, 0.05) is 85.2 Å². The van der Waals surface area contributed by atoms with Crippen LogP contribution in [0.25, 0.3) is 78.1 Å². The van der Waals surface area contributed by atoms with E-state index in [1.54, 1.807) is 6.20 Å². The van der Waals surface area contributed by atoms with Crippen LogP contribution in [0.4, 0.5) is 34.1 Å². The van der Waals surface area contributed by atoms with Crippen molar-refractivity contribution >= 4 is 101 Å². The largest absolute Gasteiger partial charge is 0.461 e. The maximum atomic E-state index is 7.75. The minimum Gasteiger partial charge on any atom is -0.461 e. The number of nitrogens with zero attached hydrogens (tertiary/aromatic N) is 3. The van der Waals surface area contributed by atoms with Crippen molar-refractivity contribution in [2.24, 2.45) is 0 Å². The average molecular weight is 1120 g/mol. The van der Waals surface area contributed by atoms with Gasteiger partial charge in [-0.2, -0.15) is 0 Å². The molecule has 2 aliphatic rings. The van der Waals surface area contributed by atoms with Crippen LogP contribution >= 0.6 is 0 Å². The molecule has 4 heterocycles. The number of allylic oxidation sites excluding steroid dienone is 3. The van der Waals surface area contributed by atoms with E-state index in [4.69, 9.17) is 13.3 Å². The zero-order chi connectivity index (χ0) is 58.8. The summed E-state index contributed by atoms with van der Waals surface area (Å²) in [5, 5.41) is 6.36. The fourth-order valence-electron chi connectivity index (χ4n) is 14.0. The Hall–Kier alpha value is -9.91. The number of aryl methyl sites for hydroxylation is 1. The van der Waals surface area contributed by atoms with Gasteiger partial charge in [0.2, 0.25) is 5.71 Å². The highest BCUT2D eigenvalue weighted by Crippen LogP contribution is 2.64. The van der Waals surface area contributed by atoms with Crippen molar-refractivity contribution in [3.05, 3.63) is 281 Å². The molecule has 4 aromatic heterocycles. The number of pyridine rings is 1. The lowest BCUT2D eigenvalue weighted by Gasteiger charge is -2.36. The molecule has 1 atom stereocenters. The summed E-state index contributed by atoms with van der Waals surface area (Å²) in [6, 6.07) is 72.0. The van der Waals surface area contributed by atoms with Crippen molar-refractivity contribution in [3.8, 4) is 11.1 Å². The molecule has 0 spiro atoms. The van der Waals surface area contributed by atoms with Crippen LogP contribution in [-0.4, -0.2) is 4.98 Å². The first-order chi connectivity index (χ1) is 41.7. The van der Waals surface area contributed by atoms with Crippen LogP contribution in [0, 0.1) is 6.92 Å². The molecule has 0 fully saturated rings. The average Bonchev–Trinajstić information content (AvgIpc) is 1.56. The number of anilines is 6. The number of fused-ring (bicyclic) bond motifs is 13. The van der Waals surface area contributed by atoms with Crippen LogP contribution in [-0.2, 0) is 16.2 Å². The fraction of sp³-hybridized carbons (Fsp3) is 0.163. The van der Waals surface area contributed by atoms with Crippen LogP contribution in [0.15, 0.2) is 238 Å². The number of rotatable bonds is 10. The molecule has 0 amide bonds. The molecule has 6 nitrogen and oxygen atoms in total. The lowest BCUT2D eigenvalue weighted by Crippen LogP contribution is -2.29. The predicted molar refractivity (Wildman–Crippen MR) is 359 cm³/mol. The standard InChI is InChI=1S/C80H67N3O3/c1-10-11-27-59-50(3)84-70-45-58(40-42-61(59)70)83(56-38-34-52(35-39-56)79(7,8)9)69-48-67-74(76-73(69)65-30-20-22-49(2)75(65)86-76)72-63-29-19-18-28-60(63)68(47-66(72)80(67,53-23-14-12-15-24-53)54-25-16-13-17-26-54)82(55-36-32-51(33-37-55)78(4,5)6)57-41-43-62-64-31-21-44-81-77(64)85-71(62)46-57/h10-21,23-49H,1,22H2,2-9H3/b27-11-. The first kappa shape index (κ1) is 52.9. The molecule has 13 aromatic rings. The SMILES string of the molecule is C=C/C=C\c1c(C)oc2cc(N(c3ccc(C(C)(C)C)cc3)c3cc4c(c5oc6c(c35)C=CCC6C)-c3c(cc(N(c5ccc(C(C)(C)C)cc5)c5ccc6c(c5)oc5ncccc56)c5ccccc35)C4(c3ccccc3)c3ccccc3)ccc12. The van der Waals surface area contributed by atoms with E-state index in [9.17, 15) is 0 Å². The van der Waals surface area contributed by atoms with E-state index in [1.807, 2.05) is 25.1 Å². The van der Waals surface area contributed by atoms with E-state index >= 15 is 0 Å². The topological polar surface area (TPSA) is 58.8 Å². The van der Waals surface area contributed by atoms with Gasteiger partial charge in [-0.05, 0) is 141 Å². The first-order valence-electron chi connectivity index (χ1n) is 30.1. The molecule has 86 heavy (non-hydrogen) atoms. The maximum absolute atomic E-state index is 7.75. The van der Waals surface area contributed by atoms with Crippen LogP contribution < -0.4 is 9.80 Å². The summed E-state index contributed by atoms with van der Waals surface area (Å²) in [6.07, 6.45) is 13.2. The summed E-state index contributed by atoms with van der Waals surface area (Å²) in [7, 11) is 0. The summed E-state index contributed by atoms with van der Waals surface area (Å²) in [4.78, 5) is 9.54. The molecule has 9 aromatic carbocycles. The molecule has 1 unspecified atom stereocenters. The van der Waals surface area contributed by atoms with E-state index in [2.05, 4.69) is 276 Å². The normalized spacial score (nSPS) is 14.6. The van der Waals surface area contributed by atoms with Gasteiger partial charge >= 0.3 is 0 Å². The fourth-order valence-corrected chi connectivity index (χ4v) is 14.0. The molecule has 0 saturated heterocycles. The molecule has 420 valence electrons. The third-order valence-electron chi connectivity index (χ3n) is 18.2. The second-order valence-electron chi connectivity index (χ2n) is 25.5. The van der Waals surface area contributed by atoms with Crippen molar-refractivity contribution in [1.82, 2.24) is 4.98 Å². The van der Waals surface area contributed by atoms with E-state index in [-0.39, 0.29) is 16.7 Å². The highest BCUT2D eigenvalue weighted by atomic mass is 16.3. The molecule has 0 bridgehead atoms. The molecule has 15 rings (SSSR count). The van der Waals surface area contributed by atoms with Gasteiger partial charge in [-0.3, -0.25) is 0 Å². The van der Waals surface area contributed by atoms with Crippen molar-refractivity contribution in [1.29, 1.82) is 0 Å². The molecule has 2 aliphatic carbocycles. The molecular weight excluding hydrogens is 1050 g/mol. The van der Waals surface area contributed by atoms with E-state index < -0.39 is 5.41 Å². The Bertz CT molecular complexity index is 4870. The first-order valence-corrected chi connectivity index (χ1v) is 30.1. The third kappa shape index (κ3) is 8.17. The molecule has 0 N–H and O–H groups in total. The molecular formula is C80H67N3O3. The van der Waals surface area contributed by atoms with E-state index in [0.29, 0.717) is 5.71 Å². The number of benzene rings is 9. The molecule has 6 heteroatoms. The van der Waals surface area contributed by atoms with Gasteiger partial charge in [-0.1, -0.05) is 195 Å². The highest BCUT2D eigenvalue weighted by molar-refractivity contribution is 6.19. The number of aromatic nitrogens is 1. The highest BCUT2D eigenvalue weighted by Gasteiger charge is 2.50. The second kappa shape index (κ2) is 19.9. The second-order valence-corrected chi connectivity index (χ2v) is 25.5. The van der Waals surface area contributed by atoms with Crippen molar-refractivity contribution in [3.63, 3.8) is 0 Å². The molecule has 0 aliphatic heterocycles. The van der Waals surface area contributed by atoms with Gasteiger partial charge in [0.1, 0.15) is 28.3 Å². The number of hydrogen-bond donors (Lipinski definition) is 0. The Balaban J connectivity index is 1.09. The lowest BCUT2D eigenvalue weighted by atomic mass is 9.67. The zero-order valence-electron chi connectivity index (χ0n) is 50.0. The van der Waals surface area contributed by atoms with Gasteiger partial charge in [0.15, 0.2) is 0 Å². The monoisotopic (exact) mass is 1120 g/mol. The number of furan rings is 3. The van der Waals surface area contributed by atoms with Crippen molar-refractivity contribution in [2.75, 3.05) is 9.80 Å². The minimum absolute atomic E-state index is 0.0497. The summed E-state index contributed by atoms with van der Waals surface area (Å²) >= 11 is 0. The van der Waals surface area contributed by atoms with Crippen LogP contribution in [0.3, 0.4) is 0 Å². The van der Waals surface area contributed by atoms with Gasteiger partial charge in [0.05, 0.1) is 22.2 Å². The van der Waals surface area contributed by atoms with Gasteiger partial charge < -0.3 is 23.1 Å². The molecule has 0 radical (unpaired) electrons. The minimum atomic E-state index is -0.893. The van der Waals surface area contributed by atoms with Crippen molar-refractivity contribution in [2.45, 2.75) is 84.0 Å². The van der Waals surface area contributed by atoms with Crippen LogP contribution in [0.5, 0.6) is 0 Å². The Morgan fingerprint density at radius 3 is 1.72 bits per heavy atom. The summed E-state index contributed by atoms with van der Waals surface area (Å²) in [5.74, 6) is 1.99. The van der Waals surface area contributed by atoms with Gasteiger partial charge in [-0.15, -0.1) is 0 Å². The Morgan fingerprint density at radius 1 is 0.547 bits per heavy atom. The number of hydrogen-bond acceptors (Lipinski definition) is 6. The Labute approximate surface area is 502 Å². The van der Waals surface area contributed by atoms with Crippen LogP contribution in [0.2, 0.25) is 0 Å². The Kier molecular flexibility index (Phi) is 12.2. The smallest absolute Gasteiger partial charge is 0.227 e. The van der Waals surface area contributed by atoms with E-state index in [0.717, 1.165) is 146 Å². The van der Waals surface area contributed by atoms with E-state index in [1.165, 1.54) is 11.1 Å². The quantitative estimate of drug-likeness (QED) is 0.127.